The molecule has 1 aromatic rings. The second-order valence-corrected chi connectivity index (χ2v) is 5.60. The van der Waals surface area contributed by atoms with Crippen LogP contribution in [0, 0.1) is 0 Å². The van der Waals surface area contributed by atoms with Crippen molar-refractivity contribution in [1.82, 2.24) is 4.90 Å². The van der Waals surface area contributed by atoms with E-state index in [0.29, 0.717) is 6.08 Å². The van der Waals surface area contributed by atoms with Crippen LogP contribution in [0.5, 0.6) is 0 Å². The number of carbonyl (C=O) groups excluding carboxylic acids is 2. The van der Waals surface area contributed by atoms with E-state index in [4.69, 9.17) is 11.6 Å². The Hall–Kier alpha value is -2.55. The van der Waals surface area contributed by atoms with Gasteiger partial charge in [-0.3, -0.25) is 9.79 Å². The number of anilines is 1. The van der Waals surface area contributed by atoms with Gasteiger partial charge in [0.05, 0.1) is 29.9 Å². The Kier molecular flexibility index (Phi) is 4.19. The van der Waals surface area contributed by atoms with Crippen LogP contribution in [0.3, 0.4) is 0 Å². The van der Waals surface area contributed by atoms with Crippen molar-refractivity contribution >= 4 is 35.1 Å². The number of hydrogen-bond acceptors (Lipinski definition) is 5. The fraction of sp³-hybridized carbons (Fsp3) is 0.267. The highest BCUT2D eigenvalue weighted by Gasteiger charge is 2.46. The standard InChI is InChI=1S/C15H11ClF3N3O3/c1-25-13(24)9-6-8(2-3-10(9)16)22-12(23)7-11(15(17,18)19)21-5-4-20-14(21)22/h2-3,6-7H,4-5H2,1H3. The average Bonchev–Trinajstić information content (AvgIpc) is 3.02. The molecule has 0 saturated carbocycles. The molecular formula is C15H11ClF3N3O3. The number of alkyl halides is 3. The number of carbonyl (C=O) groups is 2. The zero-order chi connectivity index (χ0) is 18.4. The summed E-state index contributed by atoms with van der Waals surface area (Å²) < 4.78 is 44.0. The van der Waals surface area contributed by atoms with Gasteiger partial charge in [0.1, 0.15) is 5.70 Å². The molecule has 0 bridgehead atoms. The Bertz CT molecular complexity index is 820. The number of hydrogen-bond donors (Lipinski definition) is 0. The van der Waals surface area contributed by atoms with Crippen LogP contribution < -0.4 is 4.90 Å². The van der Waals surface area contributed by atoms with Crippen LogP contribution in [-0.4, -0.2) is 49.1 Å². The summed E-state index contributed by atoms with van der Waals surface area (Å²) in [6.07, 6.45) is -4.17. The lowest BCUT2D eigenvalue weighted by Crippen LogP contribution is -2.51. The van der Waals surface area contributed by atoms with Crippen LogP contribution in [0.4, 0.5) is 18.9 Å². The number of amides is 1. The van der Waals surface area contributed by atoms with Gasteiger partial charge in [-0.2, -0.15) is 13.2 Å². The normalized spacial score (nSPS) is 17.2. The molecule has 6 nitrogen and oxygen atoms in total. The maximum Gasteiger partial charge on any atom is 0.431 e. The molecule has 132 valence electrons. The SMILES string of the molecule is COC(=O)c1cc(N2C(=O)C=C(C(F)(F)F)N3CCN=C32)ccc1Cl. The van der Waals surface area contributed by atoms with Gasteiger partial charge in [0, 0.05) is 12.6 Å². The summed E-state index contributed by atoms with van der Waals surface area (Å²) >= 11 is 5.93. The van der Waals surface area contributed by atoms with E-state index in [1.807, 2.05) is 0 Å². The summed E-state index contributed by atoms with van der Waals surface area (Å²) in [5, 5.41) is 0.0943. The first-order valence-electron chi connectivity index (χ1n) is 7.07. The summed E-state index contributed by atoms with van der Waals surface area (Å²) in [4.78, 5) is 30.0. The Morgan fingerprint density at radius 3 is 2.72 bits per heavy atom. The third kappa shape index (κ3) is 2.95. The number of halogens is 4. The highest BCUT2D eigenvalue weighted by molar-refractivity contribution is 6.34. The molecule has 3 rings (SSSR count). The highest BCUT2D eigenvalue weighted by Crippen LogP contribution is 2.35. The first kappa shape index (κ1) is 17.3. The van der Waals surface area contributed by atoms with Crippen molar-refractivity contribution in [3.63, 3.8) is 0 Å². The minimum absolute atomic E-state index is 0.00189. The summed E-state index contributed by atoms with van der Waals surface area (Å²) in [5.74, 6) is -1.78. The predicted octanol–water partition coefficient (Wildman–Crippen LogP) is 2.59. The number of methoxy groups -OCH3 is 1. The average molecular weight is 374 g/mol. The van der Waals surface area contributed by atoms with Crippen LogP contribution in [0.2, 0.25) is 5.02 Å². The van der Waals surface area contributed by atoms with Crippen molar-refractivity contribution < 1.29 is 27.5 Å². The third-order valence-electron chi connectivity index (χ3n) is 3.69. The molecule has 0 N–H and O–H groups in total. The van der Waals surface area contributed by atoms with E-state index >= 15 is 0 Å². The number of guanidine groups is 1. The molecule has 0 radical (unpaired) electrons. The molecule has 0 unspecified atom stereocenters. The molecule has 2 heterocycles. The number of nitrogens with zero attached hydrogens (tertiary/aromatic N) is 3. The minimum Gasteiger partial charge on any atom is -0.465 e. The number of ether oxygens (including phenoxy) is 1. The van der Waals surface area contributed by atoms with E-state index in [1.165, 1.54) is 25.3 Å². The van der Waals surface area contributed by atoms with E-state index in [9.17, 15) is 22.8 Å². The topological polar surface area (TPSA) is 62.2 Å². The van der Waals surface area contributed by atoms with E-state index in [-0.39, 0.29) is 35.3 Å². The van der Waals surface area contributed by atoms with Gasteiger partial charge < -0.3 is 9.64 Å². The molecule has 0 spiro atoms. The summed E-state index contributed by atoms with van der Waals surface area (Å²) in [6.45, 7) is 0.117. The molecule has 0 aromatic heterocycles. The smallest absolute Gasteiger partial charge is 0.431 e. The van der Waals surface area contributed by atoms with E-state index < -0.39 is 23.7 Å². The first-order chi connectivity index (χ1) is 11.7. The monoisotopic (exact) mass is 373 g/mol. The second kappa shape index (κ2) is 6.07. The molecule has 2 aliphatic rings. The zero-order valence-electron chi connectivity index (χ0n) is 12.8. The Balaban J connectivity index is 2.08. The minimum atomic E-state index is -4.68. The van der Waals surface area contributed by atoms with Gasteiger partial charge in [0.15, 0.2) is 0 Å². The van der Waals surface area contributed by atoms with Crippen molar-refractivity contribution in [3.05, 3.63) is 40.6 Å². The molecule has 2 aliphatic heterocycles. The number of esters is 1. The summed E-state index contributed by atoms with van der Waals surface area (Å²) in [5.41, 5.74) is -0.907. The molecule has 25 heavy (non-hydrogen) atoms. The Morgan fingerprint density at radius 1 is 1.36 bits per heavy atom. The van der Waals surface area contributed by atoms with Gasteiger partial charge in [-0.15, -0.1) is 0 Å². The third-order valence-corrected chi connectivity index (χ3v) is 4.02. The number of aliphatic imine (C=N–C) groups is 1. The fourth-order valence-electron chi connectivity index (χ4n) is 2.61. The van der Waals surface area contributed by atoms with Gasteiger partial charge in [-0.25, -0.2) is 9.69 Å². The van der Waals surface area contributed by atoms with Gasteiger partial charge >= 0.3 is 12.1 Å². The molecule has 1 aromatic carbocycles. The van der Waals surface area contributed by atoms with Crippen LogP contribution in [0.25, 0.3) is 0 Å². The van der Waals surface area contributed by atoms with Crippen molar-refractivity contribution in [3.8, 4) is 0 Å². The van der Waals surface area contributed by atoms with Gasteiger partial charge in [0.2, 0.25) is 5.96 Å². The van der Waals surface area contributed by atoms with Crippen LogP contribution in [0.15, 0.2) is 35.0 Å². The van der Waals surface area contributed by atoms with Crippen LogP contribution in [-0.2, 0) is 9.53 Å². The lowest BCUT2D eigenvalue weighted by atomic mass is 10.1. The number of fused-ring (bicyclic) bond motifs is 1. The largest absolute Gasteiger partial charge is 0.465 e. The van der Waals surface area contributed by atoms with Crippen LogP contribution in [0.1, 0.15) is 10.4 Å². The highest BCUT2D eigenvalue weighted by atomic mass is 35.5. The van der Waals surface area contributed by atoms with Crippen molar-refractivity contribution in [2.45, 2.75) is 6.18 Å². The summed E-state index contributed by atoms with van der Waals surface area (Å²) in [6, 6.07) is 4.05. The first-order valence-corrected chi connectivity index (χ1v) is 7.44. The van der Waals surface area contributed by atoms with E-state index in [2.05, 4.69) is 9.73 Å². The maximum atomic E-state index is 13.1. The molecule has 0 atom stereocenters. The van der Waals surface area contributed by atoms with Crippen molar-refractivity contribution in [2.75, 3.05) is 25.1 Å². The van der Waals surface area contributed by atoms with Gasteiger partial charge in [-0.1, -0.05) is 11.6 Å². The molecular weight excluding hydrogens is 363 g/mol. The quantitative estimate of drug-likeness (QED) is 0.748. The molecule has 0 fully saturated rings. The lowest BCUT2D eigenvalue weighted by molar-refractivity contribution is -0.119. The zero-order valence-corrected chi connectivity index (χ0v) is 13.6. The Labute approximate surface area is 145 Å². The van der Waals surface area contributed by atoms with Crippen molar-refractivity contribution in [1.29, 1.82) is 0 Å². The van der Waals surface area contributed by atoms with Crippen molar-refractivity contribution in [2.24, 2.45) is 4.99 Å². The fourth-order valence-corrected chi connectivity index (χ4v) is 2.80. The molecule has 10 heteroatoms. The van der Waals surface area contributed by atoms with E-state index in [1.54, 1.807) is 0 Å². The van der Waals surface area contributed by atoms with Gasteiger partial charge in [-0.05, 0) is 18.2 Å². The number of benzene rings is 1. The molecule has 1 amide bonds. The number of rotatable bonds is 2. The van der Waals surface area contributed by atoms with Gasteiger partial charge in [0.25, 0.3) is 5.91 Å². The van der Waals surface area contributed by atoms with Crippen LogP contribution >= 0.6 is 11.6 Å². The lowest BCUT2D eigenvalue weighted by Gasteiger charge is -2.35. The Morgan fingerprint density at radius 2 is 2.08 bits per heavy atom. The maximum absolute atomic E-state index is 13.1. The van der Waals surface area contributed by atoms with E-state index in [0.717, 1.165) is 9.80 Å². The molecule has 0 saturated heterocycles. The summed E-state index contributed by atoms with van der Waals surface area (Å²) in [7, 11) is 1.17. The number of allylic oxidation sites excluding steroid dienone is 1. The predicted molar refractivity (Wildman–Crippen MR) is 83.4 cm³/mol. The second-order valence-electron chi connectivity index (χ2n) is 5.19. The molecule has 0 aliphatic carbocycles.